The van der Waals surface area contributed by atoms with E-state index in [1.54, 1.807) is 6.92 Å². The molecule has 0 spiro atoms. The topological polar surface area (TPSA) is 58.1 Å². The van der Waals surface area contributed by atoms with Gasteiger partial charge in [-0.1, -0.05) is 19.3 Å². The number of carbonyl (C=O) groups is 1. The molecule has 0 saturated heterocycles. The van der Waals surface area contributed by atoms with E-state index in [9.17, 15) is 4.79 Å². The van der Waals surface area contributed by atoms with Gasteiger partial charge in [0.25, 0.3) is 0 Å². The van der Waals surface area contributed by atoms with E-state index in [2.05, 4.69) is 15.3 Å². The number of carbonyl (C=O) groups excluding carboxylic acids is 1. The maximum absolute atomic E-state index is 11.1. The highest BCUT2D eigenvalue weighted by Gasteiger charge is 2.16. The summed E-state index contributed by atoms with van der Waals surface area (Å²) in [6.45, 7) is 2.91. The molecule has 0 aromatic carbocycles. The molecule has 1 aromatic rings. The van der Waals surface area contributed by atoms with Crippen molar-refractivity contribution in [1.29, 1.82) is 0 Å². The molecule has 5 nitrogen and oxygen atoms in total. The lowest BCUT2D eigenvalue weighted by Gasteiger charge is -2.25. The van der Waals surface area contributed by atoms with Crippen LogP contribution in [-0.2, 0) is 4.79 Å². The largest absolute Gasteiger partial charge is 0.370 e. The zero-order valence-electron chi connectivity index (χ0n) is 11.7. The van der Waals surface area contributed by atoms with Gasteiger partial charge in [0.05, 0.1) is 6.54 Å². The Labute approximate surface area is 114 Å². The van der Waals surface area contributed by atoms with E-state index in [4.69, 9.17) is 0 Å². The highest BCUT2D eigenvalue weighted by Crippen LogP contribution is 2.29. The van der Waals surface area contributed by atoms with E-state index >= 15 is 0 Å². The van der Waals surface area contributed by atoms with Gasteiger partial charge in [0.15, 0.2) is 0 Å². The van der Waals surface area contributed by atoms with Crippen molar-refractivity contribution in [3.8, 4) is 0 Å². The normalized spacial score (nSPS) is 14.8. The molecule has 2 rings (SSSR count). The molecule has 1 aliphatic carbocycles. The fraction of sp³-hybridized carbons (Fsp3) is 0.643. The molecule has 0 atom stereocenters. The molecular formula is C14H22N4O. The number of Topliss-reactive ketones (excluding diaryl/α,β-unsaturated/α-hetero) is 1. The van der Waals surface area contributed by atoms with Gasteiger partial charge in [-0.2, -0.15) is 0 Å². The summed E-state index contributed by atoms with van der Waals surface area (Å²) >= 11 is 0. The average molecular weight is 262 g/mol. The number of aromatic nitrogens is 2. The average Bonchev–Trinajstić information content (AvgIpc) is 2.32. The Morgan fingerprint density at radius 3 is 2.89 bits per heavy atom. The van der Waals surface area contributed by atoms with Crippen molar-refractivity contribution >= 4 is 17.4 Å². The first-order valence-electron chi connectivity index (χ1n) is 6.91. The molecule has 1 aliphatic rings. The number of nitrogens with zero attached hydrogens (tertiary/aromatic N) is 3. The van der Waals surface area contributed by atoms with Crippen LogP contribution in [0.25, 0.3) is 0 Å². The molecule has 1 N–H and O–H groups in total. The van der Waals surface area contributed by atoms with Gasteiger partial charge in [-0.3, -0.25) is 4.79 Å². The van der Waals surface area contributed by atoms with Crippen LogP contribution in [0.5, 0.6) is 0 Å². The third-order valence-corrected chi connectivity index (χ3v) is 3.59. The maximum atomic E-state index is 11.1. The summed E-state index contributed by atoms with van der Waals surface area (Å²) < 4.78 is 0. The Morgan fingerprint density at radius 1 is 1.47 bits per heavy atom. The van der Waals surface area contributed by atoms with Crippen molar-refractivity contribution in [2.45, 2.75) is 32.6 Å². The van der Waals surface area contributed by atoms with E-state index < -0.39 is 0 Å². The lowest BCUT2D eigenvalue weighted by molar-refractivity contribution is -0.115. The van der Waals surface area contributed by atoms with Crippen LogP contribution in [0.1, 0.15) is 32.6 Å². The predicted octanol–water partition coefficient (Wildman–Crippen LogP) is 2.10. The van der Waals surface area contributed by atoms with Gasteiger partial charge < -0.3 is 10.2 Å². The Morgan fingerprint density at radius 2 is 2.26 bits per heavy atom. The van der Waals surface area contributed by atoms with Gasteiger partial charge in [0, 0.05) is 19.7 Å². The molecule has 5 heteroatoms. The summed E-state index contributed by atoms with van der Waals surface area (Å²) in [4.78, 5) is 21.3. The Balaban J connectivity index is 1.84. The monoisotopic (exact) mass is 262 g/mol. The van der Waals surface area contributed by atoms with Gasteiger partial charge >= 0.3 is 0 Å². The van der Waals surface area contributed by atoms with E-state index in [1.165, 1.54) is 32.0 Å². The van der Waals surface area contributed by atoms with Crippen molar-refractivity contribution < 1.29 is 4.79 Å². The van der Waals surface area contributed by atoms with Gasteiger partial charge in [-0.25, -0.2) is 9.97 Å². The summed E-state index contributed by atoms with van der Waals surface area (Å²) in [5, 5.41) is 3.33. The van der Waals surface area contributed by atoms with Crippen LogP contribution in [-0.4, -0.2) is 35.9 Å². The van der Waals surface area contributed by atoms with Crippen LogP contribution >= 0.6 is 0 Å². The van der Waals surface area contributed by atoms with Crippen LogP contribution in [0.4, 0.5) is 11.6 Å². The van der Waals surface area contributed by atoms with Gasteiger partial charge in [0.2, 0.25) is 0 Å². The van der Waals surface area contributed by atoms with Crippen molar-refractivity contribution in [1.82, 2.24) is 9.97 Å². The van der Waals surface area contributed by atoms with E-state index in [-0.39, 0.29) is 5.78 Å². The Kier molecular flexibility index (Phi) is 4.71. The summed E-state index contributed by atoms with van der Waals surface area (Å²) in [6, 6.07) is 1.89. The van der Waals surface area contributed by atoms with Crippen LogP contribution < -0.4 is 10.2 Å². The lowest BCUT2D eigenvalue weighted by Crippen LogP contribution is -2.25. The minimum Gasteiger partial charge on any atom is -0.370 e. The third-order valence-electron chi connectivity index (χ3n) is 3.59. The quantitative estimate of drug-likeness (QED) is 0.815. The fourth-order valence-corrected chi connectivity index (χ4v) is 2.25. The molecule has 1 heterocycles. The number of hydrogen-bond donors (Lipinski definition) is 1. The van der Waals surface area contributed by atoms with Crippen LogP contribution in [0.3, 0.4) is 0 Å². The minimum absolute atomic E-state index is 0.126. The van der Waals surface area contributed by atoms with Gasteiger partial charge in [0.1, 0.15) is 23.7 Å². The SMILES string of the molecule is CC(=O)CN(C)c1cc(NCCC2CCC2)ncn1. The molecule has 104 valence electrons. The van der Waals surface area contributed by atoms with Crippen LogP contribution in [0.2, 0.25) is 0 Å². The van der Waals surface area contributed by atoms with Crippen molar-refractivity contribution in [3.63, 3.8) is 0 Å². The molecule has 1 fully saturated rings. The molecule has 0 aliphatic heterocycles. The molecule has 0 unspecified atom stereocenters. The van der Waals surface area contributed by atoms with E-state index in [0.29, 0.717) is 6.54 Å². The minimum atomic E-state index is 0.126. The van der Waals surface area contributed by atoms with Crippen LogP contribution in [0, 0.1) is 5.92 Å². The second-order valence-electron chi connectivity index (χ2n) is 5.33. The fourth-order valence-electron chi connectivity index (χ4n) is 2.25. The zero-order valence-corrected chi connectivity index (χ0v) is 11.7. The summed E-state index contributed by atoms with van der Waals surface area (Å²) in [6.07, 6.45) is 6.88. The first-order valence-corrected chi connectivity index (χ1v) is 6.91. The van der Waals surface area contributed by atoms with Crippen molar-refractivity contribution in [2.24, 2.45) is 5.92 Å². The zero-order chi connectivity index (χ0) is 13.7. The molecule has 1 saturated carbocycles. The molecule has 19 heavy (non-hydrogen) atoms. The number of likely N-dealkylation sites (N-methyl/N-ethyl adjacent to an activating group) is 1. The van der Waals surface area contributed by atoms with E-state index in [0.717, 1.165) is 24.1 Å². The number of nitrogens with one attached hydrogen (secondary N) is 1. The first kappa shape index (κ1) is 13.8. The highest BCUT2D eigenvalue weighted by atomic mass is 16.1. The molecule has 0 amide bonds. The summed E-state index contributed by atoms with van der Waals surface area (Å²) in [5.41, 5.74) is 0. The molecule has 1 aromatic heterocycles. The van der Waals surface area contributed by atoms with Gasteiger partial charge in [-0.15, -0.1) is 0 Å². The maximum Gasteiger partial charge on any atom is 0.149 e. The summed E-state index contributed by atoms with van der Waals surface area (Å²) in [7, 11) is 1.86. The third kappa shape index (κ3) is 4.19. The second-order valence-corrected chi connectivity index (χ2v) is 5.33. The number of rotatable bonds is 7. The summed E-state index contributed by atoms with van der Waals surface area (Å²) in [5.74, 6) is 2.63. The number of anilines is 2. The van der Waals surface area contributed by atoms with Crippen molar-refractivity contribution in [3.05, 3.63) is 12.4 Å². The number of ketones is 1. The number of hydrogen-bond acceptors (Lipinski definition) is 5. The molecule has 0 bridgehead atoms. The van der Waals surface area contributed by atoms with Crippen molar-refractivity contribution in [2.75, 3.05) is 30.4 Å². The lowest BCUT2D eigenvalue weighted by atomic mass is 9.83. The highest BCUT2D eigenvalue weighted by molar-refractivity contribution is 5.80. The second kappa shape index (κ2) is 6.50. The smallest absolute Gasteiger partial charge is 0.149 e. The molecule has 0 radical (unpaired) electrons. The van der Waals surface area contributed by atoms with E-state index in [1.807, 2.05) is 18.0 Å². The van der Waals surface area contributed by atoms with Crippen LogP contribution in [0.15, 0.2) is 12.4 Å². The van der Waals surface area contributed by atoms with Gasteiger partial charge in [-0.05, 0) is 19.3 Å². The Hall–Kier alpha value is -1.65. The molecular weight excluding hydrogens is 240 g/mol. The predicted molar refractivity (Wildman–Crippen MR) is 76.4 cm³/mol. The standard InChI is InChI=1S/C14H22N4O/c1-11(19)9-18(2)14-8-13(16-10-17-14)15-7-6-12-4-3-5-12/h8,10,12H,3-7,9H2,1-2H3,(H,15,16,17). The first-order chi connectivity index (χ1) is 9.15. The Bertz CT molecular complexity index is 431.